The number of hydroxylamine groups is 1. The molecule has 0 aliphatic heterocycles. The summed E-state index contributed by atoms with van der Waals surface area (Å²) in [5.74, 6) is -0.525. The van der Waals surface area contributed by atoms with E-state index in [1.165, 1.54) is 19.2 Å². The maximum absolute atomic E-state index is 12.0. The van der Waals surface area contributed by atoms with E-state index in [-0.39, 0.29) is 22.8 Å². The van der Waals surface area contributed by atoms with Crippen LogP contribution in [0, 0.1) is 0 Å². The number of hydrogen-bond acceptors (Lipinski definition) is 5. The van der Waals surface area contributed by atoms with Crippen molar-refractivity contribution in [2.75, 3.05) is 7.11 Å². The topological polar surface area (TPSA) is 108 Å². The second-order valence-electron chi connectivity index (χ2n) is 4.62. The first-order valence-electron chi connectivity index (χ1n) is 6.58. The Morgan fingerprint density at radius 2 is 1.87 bits per heavy atom. The van der Waals surface area contributed by atoms with Crippen molar-refractivity contribution >= 4 is 15.9 Å². The van der Waals surface area contributed by atoms with Gasteiger partial charge in [-0.3, -0.25) is 9.63 Å². The van der Waals surface area contributed by atoms with E-state index in [1.54, 1.807) is 0 Å². The summed E-state index contributed by atoms with van der Waals surface area (Å²) in [6.45, 7) is 0.185. The van der Waals surface area contributed by atoms with Crippen LogP contribution in [0.1, 0.15) is 15.9 Å². The number of primary sulfonamides is 1. The summed E-state index contributed by atoms with van der Waals surface area (Å²) in [6, 6.07) is 13.2. The quantitative estimate of drug-likeness (QED) is 0.771. The predicted molar refractivity (Wildman–Crippen MR) is 83.1 cm³/mol. The van der Waals surface area contributed by atoms with Crippen LogP contribution in [-0.2, 0) is 21.5 Å². The lowest BCUT2D eigenvalue weighted by molar-refractivity contribution is 0.0233. The highest BCUT2D eigenvalue weighted by Crippen LogP contribution is 2.23. The second-order valence-corrected chi connectivity index (χ2v) is 6.15. The monoisotopic (exact) mass is 336 g/mol. The molecule has 0 bridgehead atoms. The van der Waals surface area contributed by atoms with E-state index in [9.17, 15) is 13.2 Å². The molecule has 2 aromatic carbocycles. The Kier molecular flexibility index (Phi) is 5.32. The molecule has 0 aliphatic carbocycles. The van der Waals surface area contributed by atoms with E-state index in [0.717, 1.165) is 11.6 Å². The van der Waals surface area contributed by atoms with Gasteiger partial charge >= 0.3 is 0 Å². The Morgan fingerprint density at radius 3 is 2.48 bits per heavy atom. The number of rotatable bonds is 6. The maximum Gasteiger partial charge on any atom is 0.274 e. The van der Waals surface area contributed by atoms with Gasteiger partial charge in [0.2, 0.25) is 10.0 Å². The molecule has 0 saturated heterocycles. The molecule has 7 nitrogen and oxygen atoms in total. The average molecular weight is 336 g/mol. The normalized spacial score (nSPS) is 11.0. The summed E-state index contributed by atoms with van der Waals surface area (Å²) in [4.78, 5) is 16.8. The SMILES string of the molecule is COc1ccc(C(=O)NOCc2ccccc2)cc1S(N)(=O)=O. The summed E-state index contributed by atoms with van der Waals surface area (Å²) in [7, 11) is -2.70. The van der Waals surface area contributed by atoms with Crippen molar-refractivity contribution in [3.63, 3.8) is 0 Å². The van der Waals surface area contributed by atoms with E-state index in [1.807, 2.05) is 30.3 Å². The van der Waals surface area contributed by atoms with Gasteiger partial charge in [-0.05, 0) is 23.8 Å². The zero-order chi connectivity index (χ0) is 16.9. The van der Waals surface area contributed by atoms with Crippen molar-refractivity contribution in [2.45, 2.75) is 11.5 Å². The maximum atomic E-state index is 12.0. The molecule has 0 unspecified atom stereocenters. The van der Waals surface area contributed by atoms with Crippen LogP contribution in [0.5, 0.6) is 5.75 Å². The third-order valence-electron chi connectivity index (χ3n) is 2.98. The molecule has 0 saturated carbocycles. The molecule has 0 aromatic heterocycles. The lowest BCUT2D eigenvalue weighted by Gasteiger charge is -2.10. The van der Waals surface area contributed by atoms with Gasteiger partial charge in [-0.25, -0.2) is 19.0 Å². The highest BCUT2D eigenvalue weighted by atomic mass is 32.2. The number of benzene rings is 2. The van der Waals surface area contributed by atoms with E-state index < -0.39 is 15.9 Å². The summed E-state index contributed by atoms with van der Waals surface area (Å²) < 4.78 is 28.0. The molecule has 0 atom stereocenters. The first kappa shape index (κ1) is 16.9. The van der Waals surface area contributed by atoms with E-state index in [2.05, 4.69) is 5.48 Å². The number of hydrogen-bond donors (Lipinski definition) is 2. The Bertz CT molecular complexity index is 791. The summed E-state index contributed by atoms with van der Waals surface area (Å²) in [6.07, 6.45) is 0. The van der Waals surface area contributed by atoms with Gasteiger partial charge in [-0.15, -0.1) is 0 Å². The Labute approximate surface area is 134 Å². The first-order valence-corrected chi connectivity index (χ1v) is 8.13. The number of methoxy groups -OCH3 is 1. The van der Waals surface area contributed by atoms with E-state index >= 15 is 0 Å². The van der Waals surface area contributed by atoms with Gasteiger partial charge in [-0.2, -0.15) is 0 Å². The minimum absolute atomic E-state index is 0.0641. The molecule has 0 fully saturated rings. The van der Waals surface area contributed by atoms with Crippen molar-refractivity contribution < 1.29 is 22.8 Å². The Morgan fingerprint density at radius 1 is 1.17 bits per heavy atom. The zero-order valence-corrected chi connectivity index (χ0v) is 13.2. The number of carbonyl (C=O) groups excluding carboxylic acids is 1. The fourth-order valence-corrected chi connectivity index (χ4v) is 2.58. The molecule has 23 heavy (non-hydrogen) atoms. The van der Waals surface area contributed by atoms with Gasteiger partial charge in [-0.1, -0.05) is 30.3 Å². The van der Waals surface area contributed by atoms with Crippen molar-refractivity contribution in [3.8, 4) is 5.75 Å². The van der Waals surface area contributed by atoms with Crippen LogP contribution in [0.4, 0.5) is 0 Å². The lowest BCUT2D eigenvalue weighted by Crippen LogP contribution is -2.24. The Balaban J connectivity index is 2.08. The molecule has 8 heteroatoms. The van der Waals surface area contributed by atoms with Gasteiger partial charge < -0.3 is 4.74 Å². The van der Waals surface area contributed by atoms with Gasteiger partial charge in [0.25, 0.3) is 5.91 Å². The molecular formula is C15H16N2O5S. The van der Waals surface area contributed by atoms with Crippen molar-refractivity contribution in [1.29, 1.82) is 0 Å². The molecule has 3 N–H and O–H groups in total. The molecule has 1 amide bonds. The van der Waals surface area contributed by atoms with E-state index in [0.29, 0.717) is 0 Å². The fraction of sp³-hybridized carbons (Fsp3) is 0.133. The fourth-order valence-electron chi connectivity index (χ4n) is 1.86. The molecule has 2 aromatic rings. The molecule has 0 heterocycles. The second kappa shape index (κ2) is 7.23. The first-order chi connectivity index (χ1) is 10.9. The van der Waals surface area contributed by atoms with Crippen molar-refractivity contribution in [2.24, 2.45) is 5.14 Å². The third kappa shape index (κ3) is 4.52. The number of nitrogens with two attached hydrogens (primary N) is 1. The number of ether oxygens (including phenoxy) is 1. The van der Waals surface area contributed by atoms with E-state index in [4.69, 9.17) is 14.7 Å². The zero-order valence-electron chi connectivity index (χ0n) is 12.4. The molecular weight excluding hydrogens is 320 g/mol. The number of sulfonamides is 1. The molecule has 0 aliphatic rings. The highest BCUT2D eigenvalue weighted by Gasteiger charge is 2.18. The van der Waals surface area contributed by atoms with Crippen LogP contribution in [-0.4, -0.2) is 21.4 Å². The largest absolute Gasteiger partial charge is 0.495 e. The number of amides is 1. The number of carbonyl (C=O) groups is 1. The minimum atomic E-state index is -4.01. The third-order valence-corrected chi connectivity index (χ3v) is 3.91. The van der Waals surface area contributed by atoms with Crippen LogP contribution in [0.3, 0.4) is 0 Å². The van der Waals surface area contributed by atoms with Gasteiger partial charge in [0.1, 0.15) is 10.6 Å². The molecule has 0 radical (unpaired) electrons. The smallest absolute Gasteiger partial charge is 0.274 e. The Hall–Kier alpha value is -2.42. The summed E-state index contributed by atoms with van der Waals surface area (Å²) in [5.41, 5.74) is 3.22. The van der Waals surface area contributed by atoms with Crippen molar-refractivity contribution in [1.82, 2.24) is 5.48 Å². The van der Waals surface area contributed by atoms with Gasteiger partial charge in [0, 0.05) is 5.56 Å². The molecule has 2 rings (SSSR count). The predicted octanol–water partition coefficient (Wildman–Crippen LogP) is 1.20. The van der Waals surface area contributed by atoms with Crippen LogP contribution in [0.25, 0.3) is 0 Å². The molecule has 122 valence electrons. The molecule has 0 spiro atoms. The van der Waals surface area contributed by atoms with Crippen LogP contribution in [0.2, 0.25) is 0 Å². The number of nitrogens with one attached hydrogen (secondary N) is 1. The summed E-state index contributed by atoms with van der Waals surface area (Å²) in [5, 5.41) is 5.11. The van der Waals surface area contributed by atoms with Crippen LogP contribution in [0.15, 0.2) is 53.4 Å². The standard InChI is InChI=1S/C15H16N2O5S/c1-21-13-8-7-12(9-14(13)23(16,19)20)15(18)17-22-10-11-5-3-2-4-6-11/h2-9H,10H2,1H3,(H,17,18)(H2,16,19,20). The summed E-state index contributed by atoms with van der Waals surface area (Å²) >= 11 is 0. The van der Waals surface area contributed by atoms with Gasteiger partial charge in [0.15, 0.2) is 0 Å². The minimum Gasteiger partial charge on any atom is -0.495 e. The highest BCUT2D eigenvalue weighted by molar-refractivity contribution is 7.89. The van der Waals surface area contributed by atoms with Gasteiger partial charge in [0.05, 0.1) is 13.7 Å². The van der Waals surface area contributed by atoms with Crippen molar-refractivity contribution in [3.05, 3.63) is 59.7 Å². The van der Waals surface area contributed by atoms with Crippen LogP contribution < -0.4 is 15.4 Å². The van der Waals surface area contributed by atoms with Crippen LogP contribution >= 0.6 is 0 Å². The lowest BCUT2D eigenvalue weighted by atomic mass is 10.2. The average Bonchev–Trinajstić information content (AvgIpc) is 2.54.